The first kappa shape index (κ1) is 12.0. The second-order valence-electron chi connectivity index (χ2n) is 2.97. The molecule has 0 spiro atoms. The summed E-state index contributed by atoms with van der Waals surface area (Å²) in [4.78, 5) is 1.27. The molecule has 0 saturated carbocycles. The van der Waals surface area contributed by atoms with Gasteiger partial charge in [0, 0.05) is 10.6 Å². The molecule has 0 radical (unpaired) electrons. The van der Waals surface area contributed by atoms with Crippen molar-refractivity contribution in [2.75, 3.05) is 17.8 Å². The summed E-state index contributed by atoms with van der Waals surface area (Å²) >= 11 is 3.49. The van der Waals surface area contributed by atoms with Crippen molar-refractivity contribution >= 4 is 23.5 Å². The Morgan fingerprint density at radius 2 is 1.93 bits per heavy atom. The fraction of sp³-hybridized carbons (Fsp3) is 0.455. The molecule has 3 heteroatoms. The van der Waals surface area contributed by atoms with Crippen LogP contribution < -0.4 is 0 Å². The first-order valence-corrected chi connectivity index (χ1v) is 7.05. The van der Waals surface area contributed by atoms with Crippen LogP contribution in [-0.4, -0.2) is 22.9 Å². The summed E-state index contributed by atoms with van der Waals surface area (Å²) in [5, 5.41) is 9.71. The molecule has 1 rings (SSSR count). The number of thioether (sulfide) groups is 2. The van der Waals surface area contributed by atoms with Gasteiger partial charge >= 0.3 is 0 Å². The Kier molecular flexibility index (Phi) is 5.45. The predicted octanol–water partition coefficient (Wildman–Crippen LogP) is 3.20. The van der Waals surface area contributed by atoms with Crippen LogP contribution in [0, 0.1) is 0 Å². The normalized spacial score (nSPS) is 12.8. The first-order chi connectivity index (χ1) is 6.77. The Balaban J connectivity index is 2.62. The van der Waals surface area contributed by atoms with Crippen LogP contribution in [0.3, 0.4) is 0 Å². The van der Waals surface area contributed by atoms with Crippen molar-refractivity contribution in [3.05, 3.63) is 29.8 Å². The molecule has 1 unspecified atom stereocenters. The first-order valence-electron chi connectivity index (χ1n) is 4.67. The topological polar surface area (TPSA) is 20.2 Å². The highest BCUT2D eigenvalue weighted by Gasteiger charge is 2.05. The number of rotatable bonds is 5. The van der Waals surface area contributed by atoms with Crippen molar-refractivity contribution in [2.45, 2.75) is 17.9 Å². The molecular formula is C11H16OS2. The number of aliphatic hydroxyl groups is 1. The fourth-order valence-corrected chi connectivity index (χ4v) is 2.38. The maximum atomic E-state index is 9.71. The largest absolute Gasteiger partial charge is 0.388 e. The molecule has 0 heterocycles. The van der Waals surface area contributed by atoms with E-state index in [0.717, 1.165) is 17.1 Å². The summed E-state index contributed by atoms with van der Waals surface area (Å²) in [5.41, 5.74) is 1.01. The van der Waals surface area contributed by atoms with E-state index in [1.54, 1.807) is 11.8 Å². The minimum atomic E-state index is -0.328. The minimum Gasteiger partial charge on any atom is -0.388 e. The lowest BCUT2D eigenvalue weighted by molar-refractivity contribution is 0.204. The van der Waals surface area contributed by atoms with Crippen molar-refractivity contribution < 1.29 is 5.11 Å². The van der Waals surface area contributed by atoms with E-state index in [2.05, 4.69) is 19.1 Å². The molecular weight excluding hydrogens is 212 g/mol. The Labute approximate surface area is 94.3 Å². The molecule has 0 fully saturated rings. The average molecular weight is 228 g/mol. The molecule has 1 N–H and O–H groups in total. The highest BCUT2D eigenvalue weighted by atomic mass is 32.2. The van der Waals surface area contributed by atoms with Gasteiger partial charge in [-0.05, 0) is 29.7 Å². The number of benzene rings is 1. The van der Waals surface area contributed by atoms with Crippen LogP contribution in [-0.2, 0) is 0 Å². The SMILES string of the molecule is CCSc1ccc(C(O)CSC)cc1. The van der Waals surface area contributed by atoms with Gasteiger partial charge < -0.3 is 5.11 Å². The van der Waals surface area contributed by atoms with E-state index in [-0.39, 0.29) is 6.10 Å². The lowest BCUT2D eigenvalue weighted by atomic mass is 10.1. The monoisotopic (exact) mass is 228 g/mol. The van der Waals surface area contributed by atoms with Crippen molar-refractivity contribution in [3.63, 3.8) is 0 Å². The minimum absolute atomic E-state index is 0.328. The summed E-state index contributed by atoms with van der Waals surface area (Å²) in [6, 6.07) is 8.18. The van der Waals surface area contributed by atoms with Crippen molar-refractivity contribution in [3.8, 4) is 0 Å². The second kappa shape index (κ2) is 6.38. The van der Waals surface area contributed by atoms with E-state index in [1.807, 2.05) is 30.2 Å². The van der Waals surface area contributed by atoms with E-state index in [0.29, 0.717) is 0 Å². The fourth-order valence-electron chi connectivity index (χ4n) is 1.21. The van der Waals surface area contributed by atoms with Gasteiger partial charge in [-0.3, -0.25) is 0 Å². The zero-order valence-corrected chi connectivity index (χ0v) is 10.2. The lowest BCUT2D eigenvalue weighted by Crippen LogP contribution is -1.99. The van der Waals surface area contributed by atoms with Gasteiger partial charge in [0.15, 0.2) is 0 Å². The molecule has 0 aromatic heterocycles. The van der Waals surface area contributed by atoms with Crippen LogP contribution in [0.4, 0.5) is 0 Å². The molecule has 78 valence electrons. The highest BCUT2D eigenvalue weighted by molar-refractivity contribution is 7.99. The van der Waals surface area contributed by atoms with E-state index < -0.39 is 0 Å². The summed E-state index contributed by atoms with van der Waals surface area (Å²) in [6.45, 7) is 2.14. The van der Waals surface area contributed by atoms with Gasteiger partial charge in [-0.2, -0.15) is 11.8 Å². The van der Waals surface area contributed by atoms with Crippen LogP contribution in [0.25, 0.3) is 0 Å². The standard InChI is InChI=1S/C11H16OS2/c1-3-14-10-6-4-9(5-7-10)11(12)8-13-2/h4-7,11-12H,3,8H2,1-2H3. The number of aliphatic hydroxyl groups excluding tert-OH is 1. The Morgan fingerprint density at radius 3 is 2.43 bits per heavy atom. The van der Waals surface area contributed by atoms with Gasteiger partial charge in [-0.15, -0.1) is 11.8 Å². The van der Waals surface area contributed by atoms with E-state index in [9.17, 15) is 5.11 Å². The van der Waals surface area contributed by atoms with Gasteiger partial charge in [0.2, 0.25) is 0 Å². The van der Waals surface area contributed by atoms with E-state index in [1.165, 1.54) is 4.90 Å². The highest BCUT2D eigenvalue weighted by Crippen LogP contribution is 2.22. The van der Waals surface area contributed by atoms with Crippen molar-refractivity contribution in [2.24, 2.45) is 0 Å². The molecule has 0 aliphatic rings. The van der Waals surface area contributed by atoms with Gasteiger partial charge in [0.25, 0.3) is 0 Å². The third-order valence-electron chi connectivity index (χ3n) is 1.90. The van der Waals surface area contributed by atoms with Gasteiger partial charge in [0.1, 0.15) is 0 Å². The smallest absolute Gasteiger partial charge is 0.0880 e. The summed E-state index contributed by atoms with van der Waals surface area (Å²) in [5.74, 6) is 1.85. The second-order valence-corrected chi connectivity index (χ2v) is 5.22. The van der Waals surface area contributed by atoms with Crippen LogP contribution >= 0.6 is 23.5 Å². The maximum Gasteiger partial charge on any atom is 0.0880 e. The third kappa shape index (κ3) is 3.56. The average Bonchev–Trinajstić information content (AvgIpc) is 2.20. The molecule has 0 aliphatic heterocycles. The van der Waals surface area contributed by atoms with E-state index >= 15 is 0 Å². The molecule has 0 amide bonds. The molecule has 1 aromatic rings. The molecule has 1 nitrogen and oxygen atoms in total. The van der Waals surface area contributed by atoms with Crippen molar-refractivity contribution in [1.29, 1.82) is 0 Å². The summed E-state index contributed by atoms with van der Waals surface area (Å²) < 4.78 is 0. The van der Waals surface area contributed by atoms with Crippen LogP contribution in [0.2, 0.25) is 0 Å². The van der Waals surface area contributed by atoms with Gasteiger partial charge in [-0.1, -0.05) is 19.1 Å². The lowest BCUT2D eigenvalue weighted by Gasteiger charge is -2.09. The molecule has 0 saturated heterocycles. The quantitative estimate of drug-likeness (QED) is 0.782. The Bertz CT molecular complexity index is 258. The summed E-state index contributed by atoms with van der Waals surface area (Å²) in [6.07, 6.45) is 1.68. The number of hydrogen-bond acceptors (Lipinski definition) is 3. The molecule has 1 aromatic carbocycles. The van der Waals surface area contributed by atoms with Crippen LogP contribution in [0.5, 0.6) is 0 Å². The maximum absolute atomic E-state index is 9.71. The summed E-state index contributed by atoms with van der Waals surface area (Å²) in [7, 11) is 0. The molecule has 1 atom stereocenters. The van der Waals surface area contributed by atoms with Crippen molar-refractivity contribution in [1.82, 2.24) is 0 Å². The Morgan fingerprint density at radius 1 is 1.29 bits per heavy atom. The van der Waals surface area contributed by atoms with Gasteiger partial charge in [-0.25, -0.2) is 0 Å². The molecule has 0 bridgehead atoms. The molecule has 14 heavy (non-hydrogen) atoms. The predicted molar refractivity (Wildman–Crippen MR) is 66.2 cm³/mol. The third-order valence-corrected chi connectivity index (χ3v) is 3.44. The Hall–Kier alpha value is -0.120. The number of hydrogen-bond donors (Lipinski definition) is 1. The van der Waals surface area contributed by atoms with Crippen LogP contribution in [0.1, 0.15) is 18.6 Å². The van der Waals surface area contributed by atoms with Crippen LogP contribution in [0.15, 0.2) is 29.2 Å². The van der Waals surface area contributed by atoms with Gasteiger partial charge in [0.05, 0.1) is 6.10 Å². The zero-order valence-electron chi connectivity index (χ0n) is 8.56. The van der Waals surface area contributed by atoms with E-state index in [4.69, 9.17) is 0 Å². The zero-order chi connectivity index (χ0) is 10.4. The molecule has 0 aliphatic carbocycles.